The number of hydrogen-bond acceptors (Lipinski definition) is 3. The largest absolute Gasteiger partial charge is 0.448 e. The molecule has 0 aromatic carbocycles. The highest BCUT2D eigenvalue weighted by Gasteiger charge is 2.70. The number of carbonyl (C=O) groups excluding carboxylic acids is 1. The lowest BCUT2D eigenvalue weighted by Crippen LogP contribution is -2.67. The molecule has 1 N–H and O–H groups in total. The van der Waals surface area contributed by atoms with Crippen molar-refractivity contribution in [2.45, 2.75) is 37.7 Å². The van der Waals surface area contributed by atoms with Crippen molar-refractivity contribution < 1.29 is 35.9 Å². The van der Waals surface area contributed by atoms with Gasteiger partial charge in [-0.15, -0.1) is 0 Å². The Morgan fingerprint density at radius 3 is 2.00 bits per heavy atom. The molecule has 110 valence electrons. The molecular weight excluding hydrogens is 282 g/mol. The molecule has 0 spiro atoms. The van der Waals surface area contributed by atoms with E-state index in [2.05, 4.69) is 4.74 Å². The Morgan fingerprint density at radius 2 is 1.68 bits per heavy atom. The molecule has 0 saturated carbocycles. The third-order valence-electron chi connectivity index (χ3n) is 2.26. The van der Waals surface area contributed by atoms with Crippen molar-refractivity contribution in [1.82, 2.24) is 5.32 Å². The first-order valence-electron chi connectivity index (χ1n) is 4.97. The van der Waals surface area contributed by atoms with Crippen LogP contribution in [-0.4, -0.2) is 30.6 Å². The maximum atomic E-state index is 12.6. The molecule has 0 radical (unpaired) electrons. The number of amides is 1. The number of halogens is 6. The van der Waals surface area contributed by atoms with Gasteiger partial charge < -0.3 is 4.74 Å². The molecule has 0 saturated heterocycles. The second kappa shape index (κ2) is 5.99. The number of nitrogens with zero attached hydrogens (tertiary/aromatic N) is 1. The van der Waals surface area contributed by atoms with Gasteiger partial charge in [-0.25, -0.2) is 4.79 Å². The third-order valence-corrected chi connectivity index (χ3v) is 2.26. The first-order valence-corrected chi connectivity index (χ1v) is 4.97. The fraction of sp³-hybridized carbons (Fsp3) is 0.778. The Kier molecular flexibility index (Phi) is 5.46. The lowest BCUT2D eigenvalue weighted by molar-refractivity contribution is -0.305. The Hall–Kier alpha value is -1.66. The summed E-state index contributed by atoms with van der Waals surface area (Å²) < 4.78 is 79.5. The van der Waals surface area contributed by atoms with Gasteiger partial charge in [-0.2, -0.15) is 31.6 Å². The van der Waals surface area contributed by atoms with E-state index in [1.54, 1.807) is 0 Å². The van der Waals surface area contributed by atoms with E-state index in [0.29, 0.717) is 6.92 Å². The van der Waals surface area contributed by atoms with Crippen LogP contribution in [0.15, 0.2) is 0 Å². The molecule has 0 aromatic rings. The van der Waals surface area contributed by atoms with Gasteiger partial charge in [0, 0.05) is 0 Å². The molecule has 0 aliphatic carbocycles. The van der Waals surface area contributed by atoms with Crippen molar-refractivity contribution in [3.05, 3.63) is 0 Å². The van der Waals surface area contributed by atoms with Gasteiger partial charge >= 0.3 is 18.4 Å². The molecular formula is C9H10F6N2O2. The van der Waals surface area contributed by atoms with Gasteiger partial charge in [0.05, 0.1) is 12.5 Å². The standard InChI is InChI=1S/C9H10F6N2O2/c1-2-7(8(10,11)12,9(13,14)15)17-6(18)19-5-3-4-16/h2-3,5H2,1H3,(H,17,18). The second-order valence-electron chi connectivity index (χ2n) is 3.42. The summed E-state index contributed by atoms with van der Waals surface area (Å²) in [5, 5.41) is 8.89. The number of ether oxygens (including phenoxy) is 1. The average Bonchev–Trinajstić information content (AvgIpc) is 2.22. The van der Waals surface area contributed by atoms with Crippen LogP contribution in [0.5, 0.6) is 0 Å². The zero-order valence-electron chi connectivity index (χ0n) is 9.65. The second-order valence-corrected chi connectivity index (χ2v) is 3.42. The Bertz CT molecular complexity index is 343. The number of rotatable bonds is 4. The SMILES string of the molecule is CCC(NC(=O)OCCC#N)(C(F)(F)F)C(F)(F)F. The Morgan fingerprint density at radius 1 is 1.21 bits per heavy atom. The molecule has 10 heteroatoms. The first kappa shape index (κ1) is 17.3. The predicted molar refractivity (Wildman–Crippen MR) is 49.8 cm³/mol. The third kappa shape index (κ3) is 3.90. The summed E-state index contributed by atoms with van der Waals surface area (Å²) in [5.41, 5.74) is -4.37. The molecule has 0 rings (SSSR count). The van der Waals surface area contributed by atoms with Crippen molar-refractivity contribution in [2.75, 3.05) is 6.61 Å². The van der Waals surface area contributed by atoms with E-state index in [-0.39, 0.29) is 6.42 Å². The van der Waals surface area contributed by atoms with Gasteiger partial charge in [0.25, 0.3) is 0 Å². The molecule has 0 fully saturated rings. The molecule has 0 aromatic heterocycles. The summed E-state index contributed by atoms with van der Waals surface area (Å²) >= 11 is 0. The highest BCUT2D eigenvalue weighted by Crippen LogP contribution is 2.45. The van der Waals surface area contributed by atoms with Crippen molar-refractivity contribution in [3.8, 4) is 6.07 Å². The summed E-state index contributed by atoms with van der Waals surface area (Å²) in [7, 11) is 0. The molecule has 0 aliphatic rings. The van der Waals surface area contributed by atoms with Crippen LogP contribution in [0.2, 0.25) is 0 Å². The molecule has 1 amide bonds. The van der Waals surface area contributed by atoms with Crippen molar-refractivity contribution in [3.63, 3.8) is 0 Å². The highest BCUT2D eigenvalue weighted by atomic mass is 19.4. The maximum absolute atomic E-state index is 12.6. The zero-order chi connectivity index (χ0) is 15.3. The van der Waals surface area contributed by atoms with Crippen LogP contribution in [0.4, 0.5) is 31.1 Å². The van der Waals surface area contributed by atoms with Crippen molar-refractivity contribution in [1.29, 1.82) is 5.26 Å². The molecule has 0 heterocycles. The van der Waals surface area contributed by atoms with Crippen molar-refractivity contribution in [2.24, 2.45) is 0 Å². The lowest BCUT2D eigenvalue weighted by Gasteiger charge is -2.36. The monoisotopic (exact) mass is 292 g/mol. The number of hydrogen-bond donors (Lipinski definition) is 1. The summed E-state index contributed by atoms with van der Waals surface area (Å²) in [4.78, 5) is 10.9. The zero-order valence-corrected chi connectivity index (χ0v) is 9.65. The normalized spacial score (nSPS) is 12.7. The van der Waals surface area contributed by atoms with E-state index < -0.39 is 37.0 Å². The van der Waals surface area contributed by atoms with Gasteiger partial charge in [-0.3, -0.25) is 5.32 Å². The molecule has 19 heavy (non-hydrogen) atoms. The van der Waals surface area contributed by atoms with Crippen LogP contribution in [0.25, 0.3) is 0 Å². The van der Waals surface area contributed by atoms with Gasteiger partial charge in [0.1, 0.15) is 6.61 Å². The number of carbonyl (C=O) groups is 1. The van der Waals surface area contributed by atoms with Crippen LogP contribution < -0.4 is 5.32 Å². The number of nitriles is 1. The fourth-order valence-corrected chi connectivity index (χ4v) is 1.19. The first-order chi connectivity index (χ1) is 8.52. The lowest BCUT2D eigenvalue weighted by atomic mass is 9.94. The van der Waals surface area contributed by atoms with Gasteiger partial charge in [-0.1, -0.05) is 6.92 Å². The smallest absolute Gasteiger partial charge is 0.420 e. The summed E-state index contributed by atoms with van der Waals surface area (Å²) in [6.07, 6.45) is -15.1. The van der Waals surface area contributed by atoms with Gasteiger partial charge in [0.2, 0.25) is 5.54 Å². The Balaban J connectivity index is 5.09. The van der Waals surface area contributed by atoms with E-state index in [0.717, 1.165) is 5.32 Å². The van der Waals surface area contributed by atoms with Crippen molar-refractivity contribution >= 4 is 6.09 Å². The van der Waals surface area contributed by atoms with E-state index >= 15 is 0 Å². The van der Waals surface area contributed by atoms with E-state index in [4.69, 9.17) is 5.26 Å². The summed E-state index contributed by atoms with van der Waals surface area (Å²) in [6.45, 7) is 0.0361. The summed E-state index contributed by atoms with van der Waals surface area (Å²) in [5.74, 6) is 0. The van der Waals surface area contributed by atoms with Gasteiger partial charge in [0.15, 0.2) is 0 Å². The number of alkyl carbamates (subject to hydrolysis) is 1. The topological polar surface area (TPSA) is 62.1 Å². The number of nitrogens with one attached hydrogen (secondary N) is 1. The van der Waals surface area contributed by atoms with Crippen LogP contribution in [0.3, 0.4) is 0 Å². The minimum atomic E-state index is -5.73. The van der Waals surface area contributed by atoms with E-state index in [1.165, 1.54) is 6.07 Å². The minimum absolute atomic E-state index is 0.343. The predicted octanol–water partition coefficient (Wildman–Crippen LogP) is 2.90. The summed E-state index contributed by atoms with van der Waals surface area (Å²) in [6, 6.07) is 1.51. The van der Waals surface area contributed by atoms with Crippen LogP contribution in [-0.2, 0) is 4.74 Å². The molecule has 0 bridgehead atoms. The van der Waals surface area contributed by atoms with E-state index in [1.807, 2.05) is 0 Å². The molecule has 0 aliphatic heterocycles. The molecule has 0 atom stereocenters. The van der Waals surface area contributed by atoms with Crippen LogP contribution in [0, 0.1) is 11.3 Å². The average molecular weight is 292 g/mol. The maximum Gasteiger partial charge on any atom is 0.420 e. The highest BCUT2D eigenvalue weighted by molar-refractivity contribution is 5.68. The molecule has 0 unspecified atom stereocenters. The Labute approximate surface area is 104 Å². The number of alkyl halides is 6. The quantitative estimate of drug-likeness (QED) is 0.640. The van der Waals surface area contributed by atoms with Crippen LogP contribution in [0.1, 0.15) is 19.8 Å². The van der Waals surface area contributed by atoms with E-state index in [9.17, 15) is 31.1 Å². The van der Waals surface area contributed by atoms with Gasteiger partial charge in [-0.05, 0) is 6.42 Å². The fourth-order valence-electron chi connectivity index (χ4n) is 1.19. The minimum Gasteiger partial charge on any atom is -0.448 e. The molecule has 4 nitrogen and oxygen atoms in total. The van der Waals surface area contributed by atoms with Crippen LogP contribution >= 0.6 is 0 Å².